The molecule has 0 amide bonds. The molecule has 5 nitrogen and oxygen atoms in total. The van der Waals surface area contributed by atoms with Gasteiger partial charge in [-0.2, -0.15) is 0 Å². The third-order valence-corrected chi connectivity index (χ3v) is 3.10. The Labute approximate surface area is 121 Å². The molecule has 0 aromatic heterocycles. The zero-order valence-corrected chi connectivity index (χ0v) is 11.3. The molecule has 2 aromatic carbocycles. The number of benzene rings is 2. The Balaban J connectivity index is 2.15. The first-order valence-corrected chi connectivity index (χ1v) is 6.33. The molecule has 0 saturated heterocycles. The summed E-state index contributed by atoms with van der Waals surface area (Å²) in [6, 6.07) is 11.7. The number of halogens is 1. The number of hydrogen-bond donors (Lipinski definition) is 1. The number of para-hydroxylation sites is 1. The van der Waals surface area contributed by atoms with Crippen molar-refractivity contribution in [2.45, 2.75) is 13.2 Å². The minimum absolute atomic E-state index is 0.0298. The first-order valence-electron chi connectivity index (χ1n) is 5.95. The summed E-state index contributed by atoms with van der Waals surface area (Å²) < 4.78 is 5.54. The van der Waals surface area contributed by atoms with E-state index in [1.54, 1.807) is 36.4 Å². The van der Waals surface area contributed by atoms with Gasteiger partial charge in [0.05, 0.1) is 15.5 Å². The number of nitrogens with zero attached hydrogens (tertiary/aromatic N) is 1. The van der Waals surface area contributed by atoms with Crippen molar-refractivity contribution in [1.29, 1.82) is 0 Å². The van der Waals surface area contributed by atoms with Crippen molar-refractivity contribution in [3.8, 4) is 5.75 Å². The number of nitro groups is 1. The van der Waals surface area contributed by atoms with E-state index in [-0.39, 0.29) is 12.3 Å². The van der Waals surface area contributed by atoms with Gasteiger partial charge in [0.15, 0.2) is 0 Å². The molecule has 0 radical (unpaired) electrons. The molecule has 0 spiro atoms. The van der Waals surface area contributed by atoms with Crippen molar-refractivity contribution in [2.75, 3.05) is 0 Å². The molecule has 0 atom stereocenters. The number of nitro benzene ring substituents is 1. The van der Waals surface area contributed by atoms with Crippen LogP contribution in [0, 0.1) is 10.1 Å². The molecule has 6 heteroatoms. The zero-order chi connectivity index (χ0) is 14.5. The summed E-state index contributed by atoms with van der Waals surface area (Å²) in [5, 5.41) is 11.3. The lowest BCUT2D eigenvalue weighted by atomic mass is 10.2. The van der Waals surface area contributed by atoms with E-state index in [9.17, 15) is 10.1 Å². The highest BCUT2D eigenvalue weighted by Gasteiger charge is 2.13. The molecule has 0 fully saturated rings. The second-order valence-corrected chi connectivity index (χ2v) is 4.55. The molecule has 2 N–H and O–H groups in total. The molecule has 0 aliphatic rings. The first kappa shape index (κ1) is 14.3. The first-order chi connectivity index (χ1) is 9.61. The molecule has 0 aliphatic carbocycles. The van der Waals surface area contributed by atoms with E-state index in [0.717, 1.165) is 5.56 Å². The Hall–Kier alpha value is -2.11. The van der Waals surface area contributed by atoms with E-state index in [1.165, 1.54) is 6.07 Å². The predicted octanol–water partition coefficient (Wildman–Crippen LogP) is 3.29. The molecule has 2 rings (SSSR count). The van der Waals surface area contributed by atoms with Crippen molar-refractivity contribution < 1.29 is 9.66 Å². The van der Waals surface area contributed by atoms with Crippen LogP contribution in [-0.2, 0) is 13.2 Å². The van der Waals surface area contributed by atoms with Crippen LogP contribution in [0.2, 0.25) is 5.02 Å². The van der Waals surface area contributed by atoms with Crippen LogP contribution in [0.25, 0.3) is 0 Å². The van der Waals surface area contributed by atoms with E-state index >= 15 is 0 Å². The fraction of sp³-hybridized carbons (Fsp3) is 0.143. The Morgan fingerprint density at radius 3 is 2.65 bits per heavy atom. The van der Waals surface area contributed by atoms with E-state index < -0.39 is 4.92 Å². The molecule has 0 aliphatic heterocycles. The molecule has 0 heterocycles. The summed E-state index contributed by atoms with van der Waals surface area (Å²) in [5.41, 5.74) is 6.94. The standard InChI is InChI=1S/C14H13ClN2O3/c15-12-7-10(8-16)5-6-14(12)20-9-11-3-1-2-4-13(11)17(18)19/h1-7H,8-9,16H2. The smallest absolute Gasteiger partial charge is 0.276 e. The van der Waals surface area contributed by atoms with Gasteiger partial charge in [-0.3, -0.25) is 10.1 Å². The van der Waals surface area contributed by atoms with Gasteiger partial charge in [0.2, 0.25) is 0 Å². The van der Waals surface area contributed by atoms with Crippen LogP contribution in [0.1, 0.15) is 11.1 Å². The lowest BCUT2D eigenvalue weighted by Gasteiger charge is -2.09. The Kier molecular flexibility index (Phi) is 4.55. The van der Waals surface area contributed by atoms with Gasteiger partial charge in [0, 0.05) is 12.6 Å². The summed E-state index contributed by atoms with van der Waals surface area (Å²) in [4.78, 5) is 10.5. The molecule has 20 heavy (non-hydrogen) atoms. The molecule has 104 valence electrons. The van der Waals surface area contributed by atoms with Gasteiger partial charge >= 0.3 is 0 Å². The summed E-state index contributed by atoms with van der Waals surface area (Å²) in [6.45, 7) is 0.475. The van der Waals surface area contributed by atoms with Crippen LogP contribution in [0.15, 0.2) is 42.5 Å². The summed E-state index contributed by atoms with van der Waals surface area (Å²) in [6.07, 6.45) is 0. The van der Waals surface area contributed by atoms with Gasteiger partial charge < -0.3 is 10.5 Å². The highest BCUT2D eigenvalue weighted by molar-refractivity contribution is 6.32. The third kappa shape index (κ3) is 3.26. The maximum atomic E-state index is 10.9. The molecule has 2 aromatic rings. The molecular weight excluding hydrogens is 280 g/mol. The molecule has 0 saturated carbocycles. The van der Waals surface area contributed by atoms with Crippen molar-refractivity contribution >= 4 is 17.3 Å². The zero-order valence-electron chi connectivity index (χ0n) is 10.6. The molecule has 0 bridgehead atoms. The van der Waals surface area contributed by atoms with Crippen molar-refractivity contribution in [3.05, 3.63) is 68.7 Å². The van der Waals surface area contributed by atoms with Crippen LogP contribution in [0.4, 0.5) is 5.69 Å². The molecule has 0 unspecified atom stereocenters. The Morgan fingerprint density at radius 1 is 1.25 bits per heavy atom. The second-order valence-electron chi connectivity index (χ2n) is 4.14. The van der Waals surface area contributed by atoms with Crippen LogP contribution < -0.4 is 10.5 Å². The highest BCUT2D eigenvalue weighted by atomic mass is 35.5. The Morgan fingerprint density at radius 2 is 2.00 bits per heavy atom. The number of rotatable bonds is 5. The lowest BCUT2D eigenvalue weighted by molar-refractivity contribution is -0.385. The van der Waals surface area contributed by atoms with E-state index in [0.29, 0.717) is 22.9 Å². The van der Waals surface area contributed by atoms with E-state index in [4.69, 9.17) is 22.1 Å². The van der Waals surface area contributed by atoms with Crippen LogP contribution in [-0.4, -0.2) is 4.92 Å². The lowest BCUT2D eigenvalue weighted by Crippen LogP contribution is -2.01. The second kappa shape index (κ2) is 6.36. The minimum Gasteiger partial charge on any atom is -0.487 e. The van der Waals surface area contributed by atoms with E-state index in [2.05, 4.69) is 0 Å². The Bertz CT molecular complexity index is 632. The maximum Gasteiger partial charge on any atom is 0.276 e. The average molecular weight is 293 g/mol. The normalized spacial score (nSPS) is 10.3. The van der Waals surface area contributed by atoms with Gasteiger partial charge in [-0.05, 0) is 23.8 Å². The summed E-state index contributed by atoms with van der Waals surface area (Å²) in [5.74, 6) is 0.474. The largest absolute Gasteiger partial charge is 0.487 e. The van der Waals surface area contributed by atoms with Crippen molar-refractivity contribution in [2.24, 2.45) is 5.73 Å². The van der Waals surface area contributed by atoms with Gasteiger partial charge in [0.1, 0.15) is 12.4 Å². The van der Waals surface area contributed by atoms with Crippen LogP contribution >= 0.6 is 11.6 Å². The van der Waals surface area contributed by atoms with Gasteiger partial charge in [0.25, 0.3) is 5.69 Å². The van der Waals surface area contributed by atoms with Crippen molar-refractivity contribution in [1.82, 2.24) is 0 Å². The predicted molar refractivity (Wildman–Crippen MR) is 76.8 cm³/mol. The highest BCUT2D eigenvalue weighted by Crippen LogP contribution is 2.27. The fourth-order valence-electron chi connectivity index (χ4n) is 1.75. The third-order valence-electron chi connectivity index (χ3n) is 2.80. The quantitative estimate of drug-likeness (QED) is 0.677. The number of nitrogens with two attached hydrogens (primary N) is 1. The van der Waals surface area contributed by atoms with Crippen molar-refractivity contribution in [3.63, 3.8) is 0 Å². The topological polar surface area (TPSA) is 78.4 Å². The van der Waals surface area contributed by atoms with E-state index in [1.807, 2.05) is 0 Å². The SMILES string of the molecule is NCc1ccc(OCc2ccccc2[N+](=O)[O-])c(Cl)c1. The number of ether oxygens (including phenoxy) is 1. The minimum atomic E-state index is -0.433. The maximum absolute atomic E-state index is 10.9. The fourth-order valence-corrected chi connectivity index (χ4v) is 2.01. The van der Waals surface area contributed by atoms with Gasteiger partial charge in [-0.15, -0.1) is 0 Å². The van der Waals surface area contributed by atoms with Gasteiger partial charge in [-0.1, -0.05) is 29.8 Å². The average Bonchev–Trinajstić information content (AvgIpc) is 2.46. The summed E-state index contributed by atoms with van der Waals surface area (Å²) in [7, 11) is 0. The summed E-state index contributed by atoms with van der Waals surface area (Å²) >= 11 is 6.06. The van der Waals surface area contributed by atoms with Gasteiger partial charge in [-0.25, -0.2) is 0 Å². The number of hydrogen-bond acceptors (Lipinski definition) is 4. The molecular formula is C14H13ClN2O3. The monoisotopic (exact) mass is 292 g/mol. The van der Waals surface area contributed by atoms with Crippen LogP contribution in [0.3, 0.4) is 0 Å². The van der Waals surface area contributed by atoms with Crippen LogP contribution in [0.5, 0.6) is 5.75 Å².